The fourth-order valence-corrected chi connectivity index (χ4v) is 13.1. The van der Waals surface area contributed by atoms with Crippen molar-refractivity contribution in [1.82, 2.24) is 19.9 Å². The number of nitrogens with zero attached hydrogens (tertiary/aromatic N) is 4. The van der Waals surface area contributed by atoms with Gasteiger partial charge in [0.1, 0.15) is 0 Å². The summed E-state index contributed by atoms with van der Waals surface area (Å²) >= 11 is 0. The molecule has 70 heavy (non-hydrogen) atoms. The average Bonchev–Trinajstić information content (AvgIpc) is 3.35. The summed E-state index contributed by atoms with van der Waals surface area (Å²) in [7, 11) is -1.10. The lowest BCUT2D eigenvalue weighted by Crippen LogP contribution is -2.29. The molecule has 0 saturated carbocycles. The van der Waals surface area contributed by atoms with Crippen LogP contribution >= 0.6 is 7.92 Å². The largest absolute Gasteiger partial charge is 0.260 e. The van der Waals surface area contributed by atoms with E-state index in [0.717, 1.165) is 28.2 Å². The highest BCUT2D eigenvalue weighted by Crippen LogP contribution is 2.45. The predicted molar refractivity (Wildman–Crippen MR) is 296 cm³/mol. The van der Waals surface area contributed by atoms with E-state index in [1.165, 1.54) is 99.6 Å². The number of rotatable bonds is 11. The van der Waals surface area contributed by atoms with Crippen molar-refractivity contribution in [3.63, 3.8) is 0 Å². The van der Waals surface area contributed by atoms with Gasteiger partial charge in [-0.15, -0.1) is 0 Å². The van der Waals surface area contributed by atoms with Gasteiger partial charge in [-0.3, -0.25) is 9.97 Å². The summed E-state index contributed by atoms with van der Waals surface area (Å²) in [6.07, 6.45) is 4.40. The van der Waals surface area contributed by atoms with Gasteiger partial charge in [-0.1, -0.05) is 84.9 Å². The molecule has 10 aromatic rings. The van der Waals surface area contributed by atoms with Crippen molar-refractivity contribution >= 4 is 29.6 Å². The van der Waals surface area contributed by atoms with Gasteiger partial charge in [-0.05, 0) is 255 Å². The quantitative estimate of drug-likeness (QED) is 0.121. The summed E-state index contributed by atoms with van der Waals surface area (Å²) in [5, 5.41) is 3.60. The maximum Gasteiger partial charge on any atom is 0.159 e. The second-order valence-corrected chi connectivity index (χ2v) is 21.5. The van der Waals surface area contributed by atoms with Crippen molar-refractivity contribution in [2.75, 3.05) is 0 Å². The molecular formula is C65H59N4P. The Morgan fingerprint density at radius 3 is 1.10 bits per heavy atom. The standard InChI is InChI=1S/C65H59N4P/c1-41-18-14-19-42(2)60(41)50-34-51(61-43(3)20-15-21-44(61)4)37-55(36-50)70(56-38-52(62-45(5)22-16-23-46(62)6)35-53(39-56)63-47(7)24-17-25-48(63)8)40-54-30-28-49-29-31-59(69-64(49)68-54)65(9,57-26-10-12-32-66-57)58-27-11-13-33-67-58/h10-39H,40H2,1-9H3. The van der Waals surface area contributed by atoms with Crippen LogP contribution in [0.25, 0.3) is 55.5 Å². The van der Waals surface area contributed by atoms with Crippen molar-refractivity contribution in [2.45, 2.75) is 73.9 Å². The highest BCUT2D eigenvalue weighted by Gasteiger charge is 2.36. The molecule has 0 amide bonds. The molecule has 0 N–H and O–H groups in total. The molecule has 5 heteroatoms. The molecule has 0 radical (unpaired) electrons. The summed E-state index contributed by atoms with van der Waals surface area (Å²) in [6.45, 7) is 20.1. The molecule has 4 heterocycles. The average molecular weight is 927 g/mol. The Labute approximate surface area is 415 Å². The normalized spacial score (nSPS) is 11.7. The van der Waals surface area contributed by atoms with Crippen molar-refractivity contribution in [3.8, 4) is 44.5 Å². The third-order valence-corrected chi connectivity index (χ3v) is 16.7. The van der Waals surface area contributed by atoms with Gasteiger partial charge in [0, 0.05) is 29.6 Å². The lowest BCUT2D eigenvalue weighted by Gasteiger charge is -2.28. The summed E-state index contributed by atoms with van der Waals surface area (Å²) in [5.41, 5.74) is 23.9. The van der Waals surface area contributed by atoms with Crippen LogP contribution in [0.1, 0.15) is 74.2 Å². The minimum atomic E-state index is -1.10. The smallest absolute Gasteiger partial charge is 0.159 e. The van der Waals surface area contributed by atoms with Crippen LogP contribution in [-0.4, -0.2) is 19.9 Å². The fraction of sp³-hybridized carbons (Fsp3) is 0.169. The molecule has 10 rings (SSSR count). The molecule has 0 bridgehead atoms. The van der Waals surface area contributed by atoms with Gasteiger partial charge in [0.2, 0.25) is 0 Å². The minimum absolute atomic E-state index is 0.708. The van der Waals surface area contributed by atoms with Crippen LogP contribution in [0.5, 0.6) is 0 Å². The van der Waals surface area contributed by atoms with E-state index in [0.29, 0.717) is 11.8 Å². The fourth-order valence-electron chi connectivity index (χ4n) is 10.8. The van der Waals surface area contributed by atoms with Crippen LogP contribution in [0.4, 0.5) is 0 Å². The zero-order valence-electron chi connectivity index (χ0n) is 41.8. The van der Waals surface area contributed by atoms with Crippen molar-refractivity contribution < 1.29 is 0 Å². The Morgan fingerprint density at radius 1 is 0.371 bits per heavy atom. The van der Waals surface area contributed by atoms with Crippen LogP contribution in [0.2, 0.25) is 0 Å². The zero-order chi connectivity index (χ0) is 48.7. The first-order valence-electron chi connectivity index (χ1n) is 24.3. The van der Waals surface area contributed by atoms with Crippen molar-refractivity contribution in [3.05, 3.63) is 250 Å². The van der Waals surface area contributed by atoms with E-state index < -0.39 is 13.3 Å². The van der Waals surface area contributed by atoms with E-state index in [1.807, 2.05) is 36.7 Å². The Balaban J connectivity index is 1.23. The molecule has 0 fully saturated rings. The maximum atomic E-state index is 5.53. The Hall–Kier alpha value is -7.39. The molecule has 4 aromatic heterocycles. The molecule has 0 aliphatic heterocycles. The lowest BCUT2D eigenvalue weighted by atomic mass is 9.78. The van der Waals surface area contributed by atoms with E-state index in [1.54, 1.807) is 0 Å². The van der Waals surface area contributed by atoms with Crippen LogP contribution in [0.15, 0.2) is 182 Å². The highest BCUT2D eigenvalue weighted by atomic mass is 31.1. The van der Waals surface area contributed by atoms with Gasteiger partial charge in [-0.2, -0.15) is 0 Å². The number of aromatic nitrogens is 4. The maximum absolute atomic E-state index is 5.53. The van der Waals surface area contributed by atoms with Crippen molar-refractivity contribution in [2.24, 2.45) is 0 Å². The number of hydrogen-bond acceptors (Lipinski definition) is 4. The molecule has 4 nitrogen and oxygen atoms in total. The Kier molecular flexibility index (Phi) is 12.7. The number of benzene rings is 6. The van der Waals surface area contributed by atoms with Crippen LogP contribution in [0.3, 0.4) is 0 Å². The van der Waals surface area contributed by atoms with Crippen LogP contribution < -0.4 is 10.6 Å². The monoisotopic (exact) mass is 926 g/mol. The molecular weight excluding hydrogens is 868 g/mol. The van der Waals surface area contributed by atoms with Crippen LogP contribution in [-0.2, 0) is 11.6 Å². The number of pyridine rings is 4. The third-order valence-electron chi connectivity index (χ3n) is 14.3. The zero-order valence-corrected chi connectivity index (χ0v) is 42.7. The Bertz CT molecular complexity index is 3170. The number of hydrogen-bond donors (Lipinski definition) is 0. The van der Waals surface area contributed by atoms with Gasteiger partial charge in [0.05, 0.1) is 22.5 Å². The van der Waals surface area contributed by atoms with Gasteiger partial charge >= 0.3 is 0 Å². The number of aryl methyl sites for hydroxylation is 8. The summed E-state index contributed by atoms with van der Waals surface area (Å²) in [4.78, 5) is 20.7. The minimum Gasteiger partial charge on any atom is -0.260 e. The Morgan fingerprint density at radius 2 is 0.743 bits per heavy atom. The summed E-state index contributed by atoms with van der Waals surface area (Å²) < 4.78 is 0. The van der Waals surface area contributed by atoms with E-state index in [4.69, 9.17) is 19.9 Å². The van der Waals surface area contributed by atoms with Crippen molar-refractivity contribution in [1.29, 1.82) is 0 Å². The van der Waals surface area contributed by atoms with Gasteiger partial charge in [-0.25, -0.2) is 9.97 Å². The first-order chi connectivity index (χ1) is 33.9. The highest BCUT2D eigenvalue weighted by molar-refractivity contribution is 7.72. The van der Waals surface area contributed by atoms with E-state index in [9.17, 15) is 0 Å². The SMILES string of the molecule is Cc1cccc(C)c1-c1cc(-c2c(C)cccc2C)cc(P(Cc2ccc3ccc(C(C)(c4ccccn4)c4ccccn4)nc3n2)c2cc(-c3c(C)cccc3C)cc(-c3c(C)cccc3C)c2)c1. The third kappa shape index (κ3) is 8.78. The molecule has 0 spiro atoms. The van der Waals surface area contributed by atoms with Gasteiger partial charge in [0.25, 0.3) is 0 Å². The van der Waals surface area contributed by atoms with E-state index in [-0.39, 0.29) is 0 Å². The second kappa shape index (κ2) is 19.2. The topological polar surface area (TPSA) is 51.6 Å². The second-order valence-electron chi connectivity index (χ2n) is 19.3. The van der Waals surface area contributed by atoms with E-state index >= 15 is 0 Å². The molecule has 0 atom stereocenters. The predicted octanol–water partition coefficient (Wildman–Crippen LogP) is 15.5. The summed E-state index contributed by atoms with van der Waals surface area (Å²) in [6, 6.07) is 62.3. The first-order valence-corrected chi connectivity index (χ1v) is 25.8. The van der Waals surface area contributed by atoms with Crippen LogP contribution in [0, 0.1) is 55.4 Å². The molecule has 0 aliphatic rings. The lowest BCUT2D eigenvalue weighted by molar-refractivity contribution is 0.621. The first kappa shape index (κ1) is 46.3. The van der Waals surface area contributed by atoms with Gasteiger partial charge in [0.15, 0.2) is 5.65 Å². The molecule has 0 unspecified atom stereocenters. The number of fused-ring (bicyclic) bond motifs is 1. The van der Waals surface area contributed by atoms with E-state index in [2.05, 4.69) is 208 Å². The molecule has 344 valence electrons. The molecule has 0 aliphatic carbocycles. The summed E-state index contributed by atoms with van der Waals surface area (Å²) in [5.74, 6) is 0. The molecule has 6 aromatic carbocycles. The molecule has 0 saturated heterocycles. The van der Waals surface area contributed by atoms with Gasteiger partial charge < -0.3 is 0 Å².